The van der Waals surface area contributed by atoms with Crippen LogP contribution in [0.3, 0.4) is 0 Å². The number of hydrogen-bond donors (Lipinski definition) is 2. The van der Waals surface area contributed by atoms with Gasteiger partial charge in [-0.05, 0) is 73.2 Å². The van der Waals surface area contributed by atoms with Crippen molar-refractivity contribution in [2.45, 2.75) is 6.92 Å². The summed E-state index contributed by atoms with van der Waals surface area (Å²) in [5, 5.41) is 14.6. The van der Waals surface area contributed by atoms with Gasteiger partial charge in [-0.2, -0.15) is 0 Å². The Morgan fingerprint density at radius 2 is 1.54 bits per heavy atom. The van der Waals surface area contributed by atoms with Crippen LogP contribution in [-0.4, -0.2) is 9.67 Å². The van der Waals surface area contributed by atoms with Crippen molar-refractivity contribution in [2.24, 2.45) is 0 Å². The summed E-state index contributed by atoms with van der Waals surface area (Å²) < 4.78 is 13.6. The van der Waals surface area contributed by atoms with Crippen LogP contribution in [-0.2, 0) is 0 Å². The Morgan fingerprint density at radius 3 is 2.40 bits per heavy atom. The number of nitrogens with zero attached hydrogens (tertiary/aromatic N) is 1. The monoisotopic (exact) mass is 490 g/mol. The number of nitrogen functional groups attached to an aromatic ring is 1. The first-order valence-corrected chi connectivity index (χ1v) is 13.0. The summed E-state index contributed by atoms with van der Waals surface area (Å²) in [5.41, 5.74) is 13.2. The van der Waals surface area contributed by atoms with Crippen molar-refractivity contribution in [2.75, 3.05) is 5.73 Å². The molecule has 0 saturated carbocycles. The van der Waals surface area contributed by atoms with Crippen LogP contribution in [0.2, 0.25) is 0 Å². The largest absolute Gasteiger partial charge is 0.508 e. The van der Waals surface area contributed by atoms with Gasteiger partial charge in [0.1, 0.15) is 11.3 Å². The van der Waals surface area contributed by atoms with Crippen molar-refractivity contribution in [3.8, 4) is 11.4 Å². The molecule has 0 bridgehead atoms. The maximum Gasteiger partial charge on any atom is 0.154 e. The number of nitrogens with two attached hydrogens (primary N) is 1. The number of anilines is 1. The first-order chi connectivity index (χ1) is 17.0. The average molecular weight is 491 g/mol. The molecular weight excluding hydrogens is 472 g/mol. The highest BCUT2D eigenvalue weighted by molar-refractivity contribution is 7.27. The number of hydrogen-bond acceptors (Lipinski definition) is 5. The zero-order chi connectivity index (χ0) is 23.4. The van der Waals surface area contributed by atoms with E-state index in [0.717, 1.165) is 48.2 Å². The van der Waals surface area contributed by atoms with E-state index in [1.807, 2.05) is 35.6 Å². The van der Waals surface area contributed by atoms with E-state index < -0.39 is 0 Å². The van der Waals surface area contributed by atoms with E-state index in [1.165, 1.54) is 31.3 Å². The molecule has 8 rings (SSSR count). The molecule has 0 saturated heterocycles. The van der Waals surface area contributed by atoms with Crippen molar-refractivity contribution >= 4 is 90.9 Å². The lowest BCUT2D eigenvalue weighted by molar-refractivity contribution is 0.475. The van der Waals surface area contributed by atoms with E-state index in [1.54, 1.807) is 23.5 Å². The van der Waals surface area contributed by atoms with E-state index in [2.05, 4.69) is 47.9 Å². The standard InChI is InChI=1S/C29H18N2O2S2/c1-14-2-8-18-24(10-14)34-28-20-13-23-21(29-27(33-23)19-9-3-15(30)11-25(19)35-29)12-22(20)31(26(18)28)16-4-6-17(32)7-5-16/h2-13,32H,30H2,1H3. The number of phenolic OH excluding ortho intramolecular Hbond substituents is 1. The lowest BCUT2D eigenvalue weighted by Crippen LogP contribution is -1.93. The molecule has 0 spiro atoms. The molecule has 168 valence electrons. The maximum absolute atomic E-state index is 9.94. The van der Waals surface area contributed by atoms with Gasteiger partial charge in [0.15, 0.2) is 5.58 Å². The Labute approximate surface area is 207 Å². The first kappa shape index (κ1) is 19.3. The molecular formula is C29H18N2O2S2. The molecule has 0 aliphatic rings. The minimum atomic E-state index is 0.260. The van der Waals surface area contributed by atoms with Gasteiger partial charge in [-0.3, -0.25) is 0 Å². The number of thiophene rings is 2. The highest BCUT2D eigenvalue weighted by Crippen LogP contribution is 2.47. The lowest BCUT2D eigenvalue weighted by atomic mass is 10.1. The molecule has 0 fully saturated rings. The van der Waals surface area contributed by atoms with Crippen LogP contribution in [0.4, 0.5) is 5.69 Å². The third kappa shape index (κ3) is 2.55. The number of aromatic hydroxyl groups is 1. The van der Waals surface area contributed by atoms with Gasteiger partial charge >= 0.3 is 0 Å². The average Bonchev–Trinajstić information content (AvgIpc) is 3.55. The summed E-state index contributed by atoms with van der Waals surface area (Å²) >= 11 is 3.55. The van der Waals surface area contributed by atoms with Crippen LogP contribution >= 0.6 is 22.7 Å². The van der Waals surface area contributed by atoms with Crippen molar-refractivity contribution in [3.63, 3.8) is 0 Å². The quantitative estimate of drug-likeness (QED) is 0.226. The summed E-state index contributed by atoms with van der Waals surface area (Å²) in [6.07, 6.45) is 0. The van der Waals surface area contributed by atoms with E-state index in [-0.39, 0.29) is 5.75 Å². The van der Waals surface area contributed by atoms with Crippen LogP contribution in [0.15, 0.2) is 77.2 Å². The zero-order valence-electron chi connectivity index (χ0n) is 18.6. The van der Waals surface area contributed by atoms with Gasteiger partial charge in [0, 0.05) is 42.3 Å². The van der Waals surface area contributed by atoms with Crippen LogP contribution < -0.4 is 5.73 Å². The third-order valence-corrected chi connectivity index (χ3v) is 9.20. The fraction of sp³-hybridized carbons (Fsp3) is 0.0345. The molecule has 4 heterocycles. The van der Waals surface area contributed by atoms with Crippen molar-refractivity contribution in [1.29, 1.82) is 0 Å². The summed E-state index contributed by atoms with van der Waals surface area (Å²) in [7, 11) is 0. The van der Waals surface area contributed by atoms with Crippen molar-refractivity contribution < 1.29 is 9.52 Å². The normalized spacial score (nSPS) is 12.4. The molecule has 35 heavy (non-hydrogen) atoms. The molecule has 0 unspecified atom stereocenters. The third-order valence-electron chi connectivity index (χ3n) is 6.86. The number of fused-ring (bicyclic) bond motifs is 10. The van der Waals surface area contributed by atoms with Gasteiger partial charge in [0.2, 0.25) is 0 Å². The highest BCUT2D eigenvalue weighted by atomic mass is 32.1. The summed E-state index contributed by atoms with van der Waals surface area (Å²) in [4.78, 5) is 0. The van der Waals surface area contributed by atoms with Gasteiger partial charge < -0.3 is 19.8 Å². The van der Waals surface area contributed by atoms with Crippen LogP contribution in [0.1, 0.15) is 5.56 Å². The van der Waals surface area contributed by atoms with E-state index in [4.69, 9.17) is 10.2 Å². The number of aryl methyl sites for hydroxylation is 1. The molecule has 4 nitrogen and oxygen atoms in total. The van der Waals surface area contributed by atoms with E-state index in [9.17, 15) is 5.11 Å². The van der Waals surface area contributed by atoms with Gasteiger partial charge in [-0.1, -0.05) is 12.1 Å². The smallest absolute Gasteiger partial charge is 0.154 e. The number of furan rings is 1. The minimum absolute atomic E-state index is 0.260. The second kappa shape index (κ2) is 6.56. The molecule has 0 aliphatic heterocycles. The van der Waals surface area contributed by atoms with Crippen LogP contribution in [0.5, 0.6) is 5.75 Å². The van der Waals surface area contributed by atoms with Gasteiger partial charge in [-0.15, -0.1) is 22.7 Å². The lowest BCUT2D eigenvalue weighted by Gasteiger charge is -2.08. The van der Waals surface area contributed by atoms with Crippen LogP contribution in [0.25, 0.3) is 68.2 Å². The molecule has 3 N–H and O–H groups in total. The van der Waals surface area contributed by atoms with Crippen molar-refractivity contribution in [1.82, 2.24) is 4.57 Å². The second-order valence-electron chi connectivity index (χ2n) is 9.11. The Bertz CT molecular complexity index is 2140. The van der Waals surface area contributed by atoms with Crippen molar-refractivity contribution in [3.05, 3.63) is 78.4 Å². The molecule has 6 heteroatoms. The SMILES string of the molecule is Cc1ccc2c(c1)sc1c3cc4oc5c6ccc(N)cc6sc5c4cc3n(-c3ccc(O)cc3)c21. The van der Waals surface area contributed by atoms with Crippen LogP contribution in [0, 0.1) is 6.92 Å². The number of benzene rings is 4. The highest BCUT2D eigenvalue weighted by Gasteiger charge is 2.21. The summed E-state index contributed by atoms with van der Waals surface area (Å²) in [5.74, 6) is 0.260. The first-order valence-electron chi connectivity index (χ1n) is 11.4. The minimum Gasteiger partial charge on any atom is -0.508 e. The number of phenols is 1. The summed E-state index contributed by atoms with van der Waals surface area (Å²) in [6.45, 7) is 2.13. The van der Waals surface area contributed by atoms with E-state index in [0.29, 0.717) is 0 Å². The molecule has 4 aromatic carbocycles. The van der Waals surface area contributed by atoms with Gasteiger partial charge in [0.05, 0.1) is 20.4 Å². The topological polar surface area (TPSA) is 64.3 Å². The number of aromatic nitrogens is 1. The Hall–Kier alpha value is -4.00. The van der Waals surface area contributed by atoms with Gasteiger partial charge in [0.25, 0.3) is 0 Å². The second-order valence-corrected chi connectivity index (χ2v) is 11.2. The molecule has 0 aliphatic carbocycles. The fourth-order valence-corrected chi connectivity index (χ4v) is 7.77. The molecule has 0 atom stereocenters. The molecule has 4 aromatic heterocycles. The van der Waals surface area contributed by atoms with E-state index >= 15 is 0 Å². The maximum atomic E-state index is 9.94. The summed E-state index contributed by atoms with van der Waals surface area (Å²) in [6, 6.07) is 24.5. The molecule has 8 aromatic rings. The Kier molecular flexibility index (Phi) is 3.62. The fourth-order valence-electron chi connectivity index (χ4n) is 5.26. The van der Waals surface area contributed by atoms with Gasteiger partial charge in [-0.25, -0.2) is 0 Å². The Morgan fingerprint density at radius 1 is 0.771 bits per heavy atom. The number of rotatable bonds is 1. The predicted molar refractivity (Wildman–Crippen MR) is 150 cm³/mol. The Balaban J connectivity index is 1.56. The molecule has 0 amide bonds. The zero-order valence-corrected chi connectivity index (χ0v) is 20.3. The molecule has 0 radical (unpaired) electrons. The predicted octanol–water partition coefficient (Wildman–Crippen LogP) is 8.71.